The highest BCUT2D eigenvalue weighted by Gasteiger charge is 2.12. The van der Waals surface area contributed by atoms with E-state index in [4.69, 9.17) is 16.0 Å². The van der Waals surface area contributed by atoms with E-state index < -0.39 is 0 Å². The maximum atomic E-state index is 11.6. The van der Waals surface area contributed by atoms with Gasteiger partial charge in [0.2, 0.25) is 0 Å². The van der Waals surface area contributed by atoms with Gasteiger partial charge in [-0.1, -0.05) is 6.92 Å². The molecule has 0 aliphatic heterocycles. The summed E-state index contributed by atoms with van der Waals surface area (Å²) in [5.41, 5.74) is 0.602. The summed E-state index contributed by atoms with van der Waals surface area (Å²) in [7, 11) is 0. The molecule has 1 heterocycles. The van der Waals surface area contributed by atoms with E-state index in [0.29, 0.717) is 24.3 Å². The summed E-state index contributed by atoms with van der Waals surface area (Å²) in [4.78, 5) is 11.6. The van der Waals surface area contributed by atoms with E-state index in [9.17, 15) is 4.79 Å². The number of alkyl halides is 1. The molecule has 78 valence electrons. The van der Waals surface area contributed by atoms with Crippen LogP contribution < -0.4 is 5.32 Å². The van der Waals surface area contributed by atoms with Crippen molar-refractivity contribution in [3.8, 4) is 0 Å². The fourth-order valence-corrected chi connectivity index (χ4v) is 1.22. The number of carbonyl (C=O) groups is 1. The fourth-order valence-electron chi connectivity index (χ4n) is 1.15. The lowest BCUT2D eigenvalue weighted by atomic mass is 10.2. The zero-order chi connectivity index (χ0) is 10.6. The number of halogens is 1. The van der Waals surface area contributed by atoms with Gasteiger partial charge >= 0.3 is 0 Å². The van der Waals surface area contributed by atoms with E-state index >= 15 is 0 Å². The summed E-state index contributed by atoms with van der Waals surface area (Å²) in [6.07, 6.45) is 2.24. The summed E-state index contributed by atoms with van der Waals surface area (Å²) < 4.78 is 5.15. The number of amides is 1. The molecule has 1 rings (SSSR count). The molecule has 0 spiro atoms. The number of hydrogen-bond donors (Lipinski definition) is 1. The molecular weight excluding hydrogens is 202 g/mol. The van der Waals surface area contributed by atoms with Crippen LogP contribution in [0.15, 0.2) is 16.7 Å². The van der Waals surface area contributed by atoms with Gasteiger partial charge in [0.15, 0.2) is 0 Å². The maximum Gasteiger partial charge on any atom is 0.254 e. The van der Waals surface area contributed by atoms with Crippen LogP contribution in [0.5, 0.6) is 0 Å². The molecule has 0 radical (unpaired) electrons. The van der Waals surface area contributed by atoms with Crippen LogP contribution in [0.25, 0.3) is 0 Å². The molecule has 3 nitrogen and oxygen atoms in total. The van der Waals surface area contributed by atoms with Crippen LogP contribution in [0.3, 0.4) is 0 Å². The number of rotatable bonds is 4. The second-order valence-electron chi connectivity index (χ2n) is 3.10. The molecule has 1 aromatic heterocycles. The van der Waals surface area contributed by atoms with Crippen LogP contribution in [0.4, 0.5) is 0 Å². The summed E-state index contributed by atoms with van der Waals surface area (Å²) in [6.45, 7) is 4.24. The summed E-state index contributed by atoms with van der Waals surface area (Å²) in [5.74, 6) is 0.591. The first-order valence-electron chi connectivity index (χ1n) is 4.63. The van der Waals surface area contributed by atoms with Crippen molar-refractivity contribution in [2.75, 3.05) is 6.54 Å². The monoisotopic (exact) mass is 215 g/mol. The second kappa shape index (κ2) is 5.05. The normalized spacial score (nSPS) is 12.5. The van der Waals surface area contributed by atoms with Crippen LogP contribution in [-0.2, 0) is 6.42 Å². The summed E-state index contributed by atoms with van der Waals surface area (Å²) in [6, 6.07) is 1.67. The molecule has 0 saturated heterocycles. The molecule has 0 aliphatic carbocycles. The standard InChI is InChI=1S/C10H14ClNO2/c1-3-9-8(4-5-14-9)10(13)12-6-7(2)11/h4-5,7H,3,6H2,1-2H3,(H,12,13). The molecule has 1 N–H and O–H groups in total. The first kappa shape index (κ1) is 11.1. The third-order valence-corrected chi connectivity index (χ3v) is 2.01. The van der Waals surface area contributed by atoms with Gasteiger partial charge in [0.25, 0.3) is 5.91 Å². The highest BCUT2D eigenvalue weighted by atomic mass is 35.5. The topological polar surface area (TPSA) is 42.2 Å². The van der Waals surface area contributed by atoms with Gasteiger partial charge in [-0.05, 0) is 13.0 Å². The molecule has 0 saturated carbocycles. The average molecular weight is 216 g/mol. The predicted octanol–water partition coefficient (Wildman–Crippen LogP) is 2.20. The molecule has 14 heavy (non-hydrogen) atoms. The maximum absolute atomic E-state index is 11.6. The summed E-state index contributed by atoms with van der Waals surface area (Å²) in [5, 5.41) is 2.67. The zero-order valence-corrected chi connectivity index (χ0v) is 9.10. The lowest BCUT2D eigenvalue weighted by Gasteiger charge is -2.05. The van der Waals surface area contributed by atoms with E-state index in [0.717, 1.165) is 0 Å². The Balaban J connectivity index is 2.60. The lowest BCUT2D eigenvalue weighted by Crippen LogP contribution is -2.28. The fraction of sp³-hybridized carbons (Fsp3) is 0.500. The van der Waals surface area contributed by atoms with Crippen molar-refractivity contribution in [1.29, 1.82) is 0 Å². The SMILES string of the molecule is CCc1occc1C(=O)NCC(C)Cl. The minimum atomic E-state index is -0.122. The molecule has 1 atom stereocenters. The second-order valence-corrected chi connectivity index (χ2v) is 3.85. The molecule has 0 fully saturated rings. The number of hydrogen-bond acceptors (Lipinski definition) is 2. The van der Waals surface area contributed by atoms with Crippen molar-refractivity contribution < 1.29 is 9.21 Å². The van der Waals surface area contributed by atoms with Crippen LogP contribution in [0.1, 0.15) is 30.0 Å². The van der Waals surface area contributed by atoms with Crippen molar-refractivity contribution in [3.63, 3.8) is 0 Å². The van der Waals surface area contributed by atoms with Crippen molar-refractivity contribution >= 4 is 17.5 Å². The van der Waals surface area contributed by atoms with Gasteiger partial charge in [-0.15, -0.1) is 11.6 Å². The van der Waals surface area contributed by atoms with Crippen molar-refractivity contribution in [2.24, 2.45) is 0 Å². The molecule has 1 aromatic rings. The van der Waals surface area contributed by atoms with E-state index in [1.165, 1.54) is 6.26 Å². The van der Waals surface area contributed by atoms with Gasteiger partial charge in [-0.3, -0.25) is 4.79 Å². The predicted molar refractivity (Wildman–Crippen MR) is 55.7 cm³/mol. The van der Waals surface area contributed by atoms with Gasteiger partial charge in [-0.2, -0.15) is 0 Å². The Morgan fingerprint density at radius 3 is 3.00 bits per heavy atom. The van der Waals surface area contributed by atoms with Gasteiger partial charge < -0.3 is 9.73 Å². The molecule has 0 aromatic carbocycles. The van der Waals surface area contributed by atoms with Gasteiger partial charge in [0.1, 0.15) is 5.76 Å². The average Bonchev–Trinajstić information content (AvgIpc) is 2.61. The Kier molecular flexibility index (Phi) is 4.01. The van der Waals surface area contributed by atoms with Gasteiger partial charge in [0.05, 0.1) is 11.8 Å². The first-order valence-corrected chi connectivity index (χ1v) is 5.07. The van der Waals surface area contributed by atoms with Crippen LogP contribution in [0, 0.1) is 0 Å². The minimum absolute atomic E-state index is 0.0593. The van der Waals surface area contributed by atoms with E-state index in [-0.39, 0.29) is 11.3 Å². The molecule has 1 amide bonds. The van der Waals surface area contributed by atoms with Crippen LogP contribution >= 0.6 is 11.6 Å². The third-order valence-electron chi connectivity index (χ3n) is 1.86. The first-order chi connectivity index (χ1) is 6.65. The largest absolute Gasteiger partial charge is 0.469 e. The minimum Gasteiger partial charge on any atom is -0.469 e. The Hall–Kier alpha value is -0.960. The van der Waals surface area contributed by atoms with Gasteiger partial charge in [0, 0.05) is 18.3 Å². The smallest absolute Gasteiger partial charge is 0.254 e. The Morgan fingerprint density at radius 1 is 1.71 bits per heavy atom. The van der Waals surface area contributed by atoms with Crippen LogP contribution in [0.2, 0.25) is 0 Å². The van der Waals surface area contributed by atoms with Crippen molar-refractivity contribution in [1.82, 2.24) is 5.32 Å². The molecule has 0 bridgehead atoms. The molecular formula is C10H14ClNO2. The number of nitrogens with one attached hydrogen (secondary N) is 1. The quantitative estimate of drug-likeness (QED) is 0.783. The third kappa shape index (κ3) is 2.77. The molecule has 0 aliphatic rings. The Bertz CT molecular complexity index is 307. The molecule has 4 heteroatoms. The van der Waals surface area contributed by atoms with E-state index in [1.807, 2.05) is 13.8 Å². The summed E-state index contributed by atoms with van der Waals surface area (Å²) >= 11 is 5.72. The number of carbonyl (C=O) groups excluding carboxylic acids is 1. The number of furan rings is 1. The zero-order valence-electron chi connectivity index (χ0n) is 8.34. The number of aryl methyl sites for hydroxylation is 1. The van der Waals surface area contributed by atoms with Gasteiger partial charge in [-0.25, -0.2) is 0 Å². The van der Waals surface area contributed by atoms with E-state index in [2.05, 4.69) is 5.32 Å². The Labute approximate surface area is 88.4 Å². The Morgan fingerprint density at radius 2 is 2.43 bits per heavy atom. The molecule has 1 unspecified atom stereocenters. The lowest BCUT2D eigenvalue weighted by molar-refractivity contribution is 0.0952. The highest BCUT2D eigenvalue weighted by Crippen LogP contribution is 2.10. The van der Waals surface area contributed by atoms with Crippen molar-refractivity contribution in [3.05, 3.63) is 23.7 Å². The van der Waals surface area contributed by atoms with E-state index in [1.54, 1.807) is 6.07 Å². The van der Waals surface area contributed by atoms with Crippen molar-refractivity contribution in [2.45, 2.75) is 25.6 Å². The van der Waals surface area contributed by atoms with Crippen LogP contribution in [-0.4, -0.2) is 17.8 Å². The highest BCUT2D eigenvalue weighted by molar-refractivity contribution is 6.20.